The van der Waals surface area contributed by atoms with Gasteiger partial charge in [-0.25, -0.2) is 9.97 Å². The Balaban J connectivity index is 1.53. The van der Waals surface area contributed by atoms with Gasteiger partial charge in [-0.15, -0.1) is 0 Å². The molecule has 1 fully saturated rings. The number of hydrogen-bond acceptors (Lipinski definition) is 4. The molecule has 1 aliphatic carbocycles. The Morgan fingerprint density at radius 2 is 2.14 bits per heavy atom. The Hall–Kier alpha value is -2.37. The number of nitrogens with one attached hydrogen (secondary N) is 1. The second-order valence-corrected chi connectivity index (χ2v) is 5.42. The maximum absolute atomic E-state index is 5.63. The first-order valence-electron chi connectivity index (χ1n) is 7.07. The minimum absolute atomic E-state index is 0.455. The van der Waals surface area contributed by atoms with E-state index in [2.05, 4.69) is 49.2 Å². The van der Waals surface area contributed by atoms with Crippen LogP contribution >= 0.6 is 0 Å². The lowest BCUT2D eigenvalue weighted by Crippen LogP contribution is -2.11. The average molecular weight is 275 g/mol. The SMILES string of the molecule is [B]c1cc(NCc2cn3cc(C4CC4)ccc3n2)ncn1. The summed E-state index contributed by atoms with van der Waals surface area (Å²) in [4.78, 5) is 12.6. The summed E-state index contributed by atoms with van der Waals surface area (Å²) in [7, 11) is 5.63. The van der Waals surface area contributed by atoms with E-state index in [4.69, 9.17) is 7.85 Å². The van der Waals surface area contributed by atoms with E-state index in [0.717, 1.165) is 17.3 Å². The second kappa shape index (κ2) is 4.88. The van der Waals surface area contributed by atoms with E-state index in [-0.39, 0.29) is 0 Å². The van der Waals surface area contributed by atoms with Gasteiger partial charge in [-0.3, -0.25) is 4.98 Å². The van der Waals surface area contributed by atoms with Gasteiger partial charge in [0.25, 0.3) is 0 Å². The van der Waals surface area contributed by atoms with Gasteiger partial charge >= 0.3 is 0 Å². The van der Waals surface area contributed by atoms with E-state index < -0.39 is 0 Å². The van der Waals surface area contributed by atoms with E-state index in [1.807, 2.05) is 0 Å². The van der Waals surface area contributed by atoms with Crippen LogP contribution in [0, 0.1) is 0 Å². The number of anilines is 1. The zero-order chi connectivity index (χ0) is 14.2. The fraction of sp³-hybridized carbons (Fsp3) is 0.267. The second-order valence-electron chi connectivity index (χ2n) is 5.42. The molecule has 0 aliphatic heterocycles. The van der Waals surface area contributed by atoms with E-state index in [9.17, 15) is 0 Å². The highest BCUT2D eigenvalue weighted by molar-refractivity contribution is 6.30. The third kappa shape index (κ3) is 2.61. The summed E-state index contributed by atoms with van der Waals surface area (Å²) in [6.07, 6.45) is 8.31. The Morgan fingerprint density at radius 1 is 1.24 bits per heavy atom. The van der Waals surface area contributed by atoms with Crippen LogP contribution in [0.3, 0.4) is 0 Å². The molecule has 0 unspecified atom stereocenters. The highest BCUT2D eigenvalue weighted by atomic mass is 15.0. The molecule has 0 atom stereocenters. The molecule has 0 bridgehead atoms. The summed E-state index contributed by atoms with van der Waals surface area (Å²) in [5.41, 5.74) is 3.80. The van der Waals surface area contributed by atoms with Gasteiger partial charge in [0.2, 0.25) is 0 Å². The molecule has 6 heteroatoms. The molecule has 1 saturated carbocycles. The summed E-state index contributed by atoms with van der Waals surface area (Å²) in [6, 6.07) is 5.98. The van der Waals surface area contributed by atoms with Gasteiger partial charge in [0.05, 0.1) is 12.2 Å². The smallest absolute Gasteiger partial charge is 0.142 e. The number of aromatic nitrogens is 4. The van der Waals surface area contributed by atoms with E-state index in [1.54, 1.807) is 6.07 Å². The lowest BCUT2D eigenvalue weighted by molar-refractivity contribution is 1.04. The largest absolute Gasteiger partial charge is 0.364 e. The van der Waals surface area contributed by atoms with Gasteiger partial charge in [-0.1, -0.05) is 6.07 Å². The molecule has 3 heterocycles. The van der Waals surface area contributed by atoms with E-state index in [0.29, 0.717) is 18.0 Å². The third-order valence-electron chi connectivity index (χ3n) is 3.71. The fourth-order valence-corrected chi connectivity index (χ4v) is 2.46. The van der Waals surface area contributed by atoms with Crippen LogP contribution in [-0.2, 0) is 6.54 Å². The van der Waals surface area contributed by atoms with Gasteiger partial charge < -0.3 is 9.72 Å². The standard InChI is InChI=1S/C15H14BN5/c16-13-5-14(19-9-18-13)17-6-12-8-21-7-11(10-1-2-10)3-4-15(21)20-12/h3-5,7-10H,1-2,6H2,(H,17,18,19). The Morgan fingerprint density at radius 3 is 2.95 bits per heavy atom. The molecule has 0 saturated heterocycles. The summed E-state index contributed by atoms with van der Waals surface area (Å²) < 4.78 is 2.10. The van der Waals surface area contributed by atoms with Crippen LogP contribution in [0.5, 0.6) is 0 Å². The summed E-state index contributed by atoms with van der Waals surface area (Å²) in [5.74, 6) is 1.46. The molecule has 102 valence electrons. The molecular formula is C15H14BN5. The molecule has 21 heavy (non-hydrogen) atoms. The highest BCUT2D eigenvalue weighted by Gasteiger charge is 2.23. The van der Waals surface area contributed by atoms with Crippen molar-refractivity contribution in [2.24, 2.45) is 0 Å². The van der Waals surface area contributed by atoms with Crippen LogP contribution in [-0.4, -0.2) is 27.2 Å². The van der Waals surface area contributed by atoms with Gasteiger partial charge in [-0.2, -0.15) is 0 Å². The highest BCUT2D eigenvalue weighted by Crippen LogP contribution is 2.39. The van der Waals surface area contributed by atoms with Gasteiger partial charge in [0, 0.05) is 12.4 Å². The minimum atomic E-state index is 0.455. The molecule has 1 aliphatic rings. The first-order chi connectivity index (χ1) is 10.3. The van der Waals surface area contributed by atoms with Crippen LogP contribution in [0.1, 0.15) is 30.0 Å². The summed E-state index contributed by atoms with van der Waals surface area (Å²) in [6.45, 7) is 0.608. The minimum Gasteiger partial charge on any atom is -0.364 e. The van der Waals surface area contributed by atoms with Crippen molar-refractivity contribution in [3.8, 4) is 0 Å². The van der Waals surface area contributed by atoms with Crippen LogP contribution in [0.25, 0.3) is 5.65 Å². The van der Waals surface area contributed by atoms with Crippen LogP contribution in [0.2, 0.25) is 0 Å². The van der Waals surface area contributed by atoms with Crippen molar-refractivity contribution in [2.45, 2.75) is 25.3 Å². The number of pyridine rings is 1. The van der Waals surface area contributed by atoms with Crippen LogP contribution in [0.4, 0.5) is 5.82 Å². The Kier molecular flexibility index (Phi) is 2.87. The molecule has 4 rings (SSSR count). The normalized spacial score (nSPS) is 14.5. The monoisotopic (exact) mass is 275 g/mol. The lowest BCUT2D eigenvalue weighted by atomic mass is 10.1. The van der Waals surface area contributed by atoms with E-state index in [1.165, 1.54) is 24.7 Å². The Bertz CT molecular complexity index is 794. The van der Waals surface area contributed by atoms with Gasteiger partial charge in [-0.05, 0) is 42.0 Å². The molecule has 3 aromatic heterocycles. The van der Waals surface area contributed by atoms with Crippen molar-refractivity contribution in [3.63, 3.8) is 0 Å². The van der Waals surface area contributed by atoms with Crippen molar-refractivity contribution in [3.05, 3.63) is 48.2 Å². The first-order valence-corrected chi connectivity index (χ1v) is 7.07. The molecule has 1 N–H and O–H groups in total. The maximum Gasteiger partial charge on any atom is 0.142 e. The number of hydrogen-bond donors (Lipinski definition) is 1. The fourth-order valence-electron chi connectivity index (χ4n) is 2.46. The third-order valence-corrected chi connectivity index (χ3v) is 3.71. The predicted octanol–water partition coefficient (Wildman–Crippen LogP) is 1.41. The topological polar surface area (TPSA) is 55.1 Å². The zero-order valence-electron chi connectivity index (χ0n) is 11.5. The number of imidazole rings is 1. The van der Waals surface area contributed by atoms with Gasteiger partial charge in [0.1, 0.15) is 25.6 Å². The molecule has 0 spiro atoms. The lowest BCUT2D eigenvalue weighted by Gasteiger charge is -2.03. The van der Waals surface area contributed by atoms with Crippen molar-refractivity contribution >= 4 is 24.9 Å². The molecule has 2 radical (unpaired) electrons. The van der Waals surface area contributed by atoms with Crippen molar-refractivity contribution < 1.29 is 0 Å². The van der Waals surface area contributed by atoms with Crippen molar-refractivity contribution in [1.82, 2.24) is 19.4 Å². The number of rotatable bonds is 4. The first kappa shape index (κ1) is 12.4. The predicted molar refractivity (Wildman–Crippen MR) is 81.9 cm³/mol. The van der Waals surface area contributed by atoms with Crippen molar-refractivity contribution in [2.75, 3.05) is 5.32 Å². The average Bonchev–Trinajstić information content (AvgIpc) is 3.25. The quantitative estimate of drug-likeness (QED) is 0.731. The van der Waals surface area contributed by atoms with E-state index >= 15 is 0 Å². The Labute approximate surface area is 123 Å². The molecule has 0 amide bonds. The molecule has 5 nitrogen and oxygen atoms in total. The van der Waals surface area contributed by atoms with Gasteiger partial charge in [0.15, 0.2) is 0 Å². The van der Waals surface area contributed by atoms with Crippen molar-refractivity contribution in [1.29, 1.82) is 0 Å². The molecule has 3 aromatic rings. The molecule has 0 aromatic carbocycles. The zero-order valence-corrected chi connectivity index (χ0v) is 11.5. The van der Waals surface area contributed by atoms with Crippen LogP contribution < -0.4 is 10.9 Å². The molecular weight excluding hydrogens is 261 g/mol. The van der Waals surface area contributed by atoms with Crippen LogP contribution in [0.15, 0.2) is 36.9 Å². The maximum atomic E-state index is 5.63. The number of fused-ring (bicyclic) bond motifs is 1. The summed E-state index contributed by atoms with van der Waals surface area (Å²) in [5, 5.41) is 3.21. The number of nitrogens with zero attached hydrogens (tertiary/aromatic N) is 4. The summed E-state index contributed by atoms with van der Waals surface area (Å²) >= 11 is 0.